The van der Waals surface area contributed by atoms with Gasteiger partial charge in [-0.1, -0.05) is 20.8 Å². The molecule has 1 aliphatic heterocycles. The minimum absolute atomic E-state index is 0.00391. The molecule has 1 heterocycles. The summed E-state index contributed by atoms with van der Waals surface area (Å²) in [5, 5.41) is 3.08. The quantitative estimate of drug-likeness (QED) is 0.755. The maximum absolute atomic E-state index is 12.2. The smallest absolute Gasteiger partial charge is 0.307 e. The van der Waals surface area contributed by atoms with E-state index in [0.29, 0.717) is 19.7 Å². The van der Waals surface area contributed by atoms with Crippen LogP contribution in [0, 0.1) is 5.41 Å². The van der Waals surface area contributed by atoms with Gasteiger partial charge in [0.25, 0.3) is 0 Å². The highest BCUT2D eigenvalue weighted by molar-refractivity contribution is 5.87. The van der Waals surface area contributed by atoms with Crippen molar-refractivity contribution in [1.29, 1.82) is 0 Å². The van der Waals surface area contributed by atoms with Gasteiger partial charge < -0.3 is 15.0 Å². The van der Waals surface area contributed by atoms with E-state index in [4.69, 9.17) is 4.74 Å². The number of rotatable bonds is 4. The van der Waals surface area contributed by atoms with E-state index in [0.717, 1.165) is 6.54 Å². The molecule has 18 heavy (non-hydrogen) atoms. The van der Waals surface area contributed by atoms with Crippen molar-refractivity contribution in [2.24, 2.45) is 5.41 Å². The summed E-state index contributed by atoms with van der Waals surface area (Å²) >= 11 is 0. The molecule has 1 atom stereocenters. The Bertz CT molecular complexity index is 310. The second kappa shape index (κ2) is 6.18. The monoisotopic (exact) mass is 256 g/mol. The van der Waals surface area contributed by atoms with Crippen LogP contribution in [0.4, 0.5) is 0 Å². The maximum Gasteiger partial charge on any atom is 0.307 e. The average Bonchev–Trinajstić information content (AvgIpc) is 2.22. The normalized spacial score (nSPS) is 21.0. The Labute approximate surface area is 109 Å². The van der Waals surface area contributed by atoms with Crippen LogP contribution >= 0.6 is 0 Å². The van der Waals surface area contributed by atoms with Crippen LogP contribution in [-0.4, -0.2) is 49.1 Å². The second-order valence-corrected chi connectivity index (χ2v) is 5.84. The van der Waals surface area contributed by atoms with Crippen molar-refractivity contribution in [1.82, 2.24) is 10.2 Å². The highest BCUT2D eigenvalue weighted by Gasteiger charge is 2.32. The van der Waals surface area contributed by atoms with Crippen LogP contribution in [0.25, 0.3) is 0 Å². The van der Waals surface area contributed by atoms with Gasteiger partial charge in [-0.25, -0.2) is 0 Å². The van der Waals surface area contributed by atoms with Gasteiger partial charge in [-0.05, 0) is 12.3 Å². The molecule has 1 unspecified atom stereocenters. The molecule has 0 aromatic rings. The molecule has 1 fully saturated rings. The van der Waals surface area contributed by atoms with Crippen molar-refractivity contribution in [2.75, 3.05) is 26.2 Å². The summed E-state index contributed by atoms with van der Waals surface area (Å²) in [5.41, 5.74) is 0.0709. The number of nitrogens with zero attached hydrogens (tertiary/aromatic N) is 1. The van der Waals surface area contributed by atoms with Gasteiger partial charge in [0, 0.05) is 19.6 Å². The first kappa shape index (κ1) is 15.0. The van der Waals surface area contributed by atoms with E-state index in [-0.39, 0.29) is 23.7 Å². The highest BCUT2D eigenvalue weighted by atomic mass is 16.5. The molecule has 1 aliphatic rings. The molecule has 0 aromatic heterocycles. The van der Waals surface area contributed by atoms with Gasteiger partial charge in [0.2, 0.25) is 5.91 Å². The van der Waals surface area contributed by atoms with Gasteiger partial charge in [0.05, 0.1) is 19.1 Å². The molecular formula is C13H24N2O3. The zero-order valence-corrected chi connectivity index (χ0v) is 11.8. The van der Waals surface area contributed by atoms with Crippen LogP contribution in [-0.2, 0) is 14.3 Å². The summed E-state index contributed by atoms with van der Waals surface area (Å²) in [4.78, 5) is 25.4. The highest BCUT2D eigenvalue weighted by Crippen LogP contribution is 2.17. The Hall–Kier alpha value is -1.10. The zero-order chi connectivity index (χ0) is 13.8. The summed E-state index contributed by atoms with van der Waals surface area (Å²) < 4.78 is 4.88. The Morgan fingerprint density at radius 1 is 1.50 bits per heavy atom. The lowest BCUT2D eigenvalue weighted by atomic mass is 9.95. The number of carbonyl (C=O) groups excluding carboxylic acids is 2. The summed E-state index contributed by atoms with van der Waals surface area (Å²) in [6.45, 7) is 10.6. The molecule has 104 valence electrons. The third kappa shape index (κ3) is 4.64. The van der Waals surface area contributed by atoms with E-state index in [1.807, 2.05) is 4.90 Å². The third-order valence-corrected chi connectivity index (χ3v) is 2.72. The SMILES string of the molecule is CCOC(=O)CC1NCCN(CC(C)(C)C)C1=O. The lowest BCUT2D eigenvalue weighted by molar-refractivity contribution is -0.148. The molecule has 0 bridgehead atoms. The van der Waals surface area contributed by atoms with E-state index in [1.54, 1.807) is 6.92 Å². The number of nitrogens with one attached hydrogen (secondary N) is 1. The standard InChI is InChI=1S/C13H24N2O3/c1-5-18-11(16)8-10-12(17)15(7-6-14-10)9-13(2,3)4/h10,14H,5-9H2,1-4H3. The first-order valence-electron chi connectivity index (χ1n) is 6.51. The van der Waals surface area contributed by atoms with Crippen molar-refractivity contribution >= 4 is 11.9 Å². The number of amides is 1. The predicted molar refractivity (Wildman–Crippen MR) is 69.1 cm³/mol. The fraction of sp³-hybridized carbons (Fsp3) is 0.846. The number of hydrogen-bond acceptors (Lipinski definition) is 4. The van der Waals surface area contributed by atoms with E-state index in [9.17, 15) is 9.59 Å². The van der Waals surface area contributed by atoms with Crippen molar-refractivity contribution in [2.45, 2.75) is 40.2 Å². The van der Waals surface area contributed by atoms with Gasteiger partial charge in [0.1, 0.15) is 0 Å². The zero-order valence-electron chi connectivity index (χ0n) is 11.8. The number of carbonyl (C=O) groups is 2. The van der Waals surface area contributed by atoms with Crippen molar-refractivity contribution in [3.05, 3.63) is 0 Å². The van der Waals surface area contributed by atoms with Crippen LogP contribution in [0.15, 0.2) is 0 Å². The van der Waals surface area contributed by atoms with Gasteiger partial charge in [-0.3, -0.25) is 9.59 Å². The molecule has 0 radical (unpaired) electrons. The summed E-state index contributed by atoms with van der Waals surface area (Å²) in [5.74, 6) is -0.315. The molecule has 0 spiro atoms. The first-order valence-corrected chi connectivity index (χ1v) is 6.51. The van der Waals surface area contributed by atoms with Crippen molar-refractivity contribution < 1.29 is 14.3 Å². The Kier molecular flexibility index (Phi) is 5.14. The van der Waals surface area contributed by atoms with Crippen LogP contribution in [0.1, 0.15) is 34.1 Å². The average molecular weight is 256 g/mol. The molecule has 0 aliphatic carbocycles. The molecule has 0 saturated carbocycles. The number of esters is 1. The van der Waals surface area contributed by atoms with Crippen LogP contribution < -0.4 is 5.32 Å². The van der Waals surface area contributed by atoms with Crippen molar-refractivity contribution in [3.8, 4) is 0 Å². The summed E-state index contributed by atoms with van der Waals surface area (Å²) in [7, 11) is 0. The molecule has 1 saturated heterocycles. The molecule has 0 aromatic carbocycles. The van der Waals surface area contributed by atoms with E-state index in [1.165, 1.54) is 0 Å². The minimum Gasteiger partial charge on any atom is -0.466 e. The predicted octanol–water partition coefficient (Wildman–Crippen LogP) is 0.786. The molecule has 5 heteroatoms. The summed E-state index contributed by atoms with van der Waals surface area (Å²) in [6.07, 6.45) is 0.118. The van der Waals surface area contributed by atoms with E-state index < -0.39 is 6.04 Å². The summed E-state index contributed by atoms with van der Waals surface area (Å²) in [6, 6.07) is -0.430. The molecule has 1 rings (SSSR count). The number of piperazine rings is 1. The Morgan fingerprint density at radius 3 is 2.72 bits per heavy atom. The number of hydrogen-bond donors (Lipinski definition) is 1. The maximum atomic E-state index is 12.2. The molecule has 5 nitrogen and oxygen atoms in total. The fourth-order valence-corrected chi connectivity index (χ4v) is 2.07. The Balaban J connectivity index is 2.56. The van der Waals surface area contributed by atoms with Gasteiger partial charge in [-0.2, -0.15) is 0 Å². The van der Waals surface area contributed by atoms with E-state index in [2.05, 4.69) is 26.1 Å². The molecule has 1 amide bonds. The third-order valence-electron chi connectivity index (χ3n) is 2.72. The van der Waals surface area contributed by atoms with Gasteiger partial charge >= 0.3 is 5.97 Å². The lowest BCUT2D eigenvalue weighted by Gasteiger charge is -2.36. The van der Waals surface area contributed by atoms with Crippen LogP contribution in [0.3, 0.4) is 0 Å². The first-order chi connectivity index (χ1) is 8.33. The topological polar surface area (TPSA) is 58.6 Å². The lowest BCUT2D eigenvalue weighted by Crippen LogP contribution is -2.57. The van der Waals surface area contributed by atoms with Gasteiger partial charge in [0.15, 0.2) is 0 Å². The Morgan fingerprint density at radius 2 is 2.17 bits per heavy atom. The molecule has 1 N–H and O–H groups in total. The van der Waals surface area contributed by atoms with Crippen molar-refractivity contribution in [3.63, 3.8) is 0 Å². The number of ether oxygens (including phenoxy) is 1. The van der Waals surface area contributed by atoms with Crippen LogP contribution in [0.5, 0.6) is 0 Å². The fourth-order valence-electron chi connectivity index (χ4n) is 2.07. The molecular weight excluding hydrogens is 232 g/mol. The second-order valence-electron chi connectivity index (χ2n) is 5.84. The van der Waals surface area contributed by atoms with Crippen LogP contribution in [0.2, 0.25) is 0 Å². The minimum atomic E-state index is -0.430. The van der Waals surface area contributed by atoms with Gasteiger partial charge in [-0.15, -0.1) is 0 Å². The van der Waals surface area contributed by atoms with E-state index >= 15 is 0 Å². The largest absolute Gasteiger partial charge is 0.466 e.